The van der Waals surface area contributed by atoms with E-state index in [0.717, 1.165) is 17.8 Å². The number of aromatic hydroxyl groups is 1. The number of carbonyl (C=O) groups is 2. The number of rotatable bonds is 4. The van der Waals surface area contributed by atoms with Gasteiger partial charge in [0.1, 0.15) is 18.2 Å². The van der Waals surface area contributed by atoms with Crippen molar-refractivity contribution in [1.29, 1.82) is 0 Å². The molecule has 0 unspecified atom stereocenters. The third kappa shape index (κ3) is 3.30. The van der Waals surface area contributed by atoms with Gasteiger partial charge < -0.3 is 24.2 Å². The molecule has 1 aliphatic heterocycles. The molecule has 7 heteroatoms. The summed E-state index contributed by atoms with van der Waals surface area (Å²) in [6.45, 7) is -0.0220. The lowest BCUT2D eigenvalue weighted by Gasteiger charge is -2.57. The number of esters is 2. The summed E-state index contributed by atoms with van der Waals surface area (Å²) in [5.41, 5.74) is 1.93. The van der Waals surface area contributed by atoms with Crippen molar-refractivity contribution in [1.82, 2.24) is 0 Å². The third-order valence-corrected chi connectivity index (χ3v) is 7.75. The van der Waals surface area contributed by atoms with Crippen molar-refractivity contribution >= 4 is 17.6 Å². The van der Waals surface area contributed by atoms with Crippen LogP contribution in [-0.2, 0) is 29.2 Å². The molecule has 4 saturated carbocycles. The maximum Gasteiger partial charge on any atom is 0.355 e. The highest BCUT2D eigenvalue weighted by Crippen LogP contribution is 2.61. The maximum atomic E-state index is 12.6. The number of carbonyl (C=O) groups excluding carboxylic acids is 2. The summed E-state index contributed by atoms with van der Waals surface area (Å²) >= 11 is 0. The lowest BCUT2D eigenvalue weighted by atomic mass is 9.48. The van der Waals surface area contributed by atoms with Gasteiger partial charge in [0.25, 0.3) is 0 Å². The maximum absolute atomic E-state index is 12.6. The van der Waals surface area contributed by atoms with E-state index in [-0.39, 0.29) is 35.8 Å². The van der Waals surface area contributed by atoms with Gasteiger partial charge in [-0.1, -0.05) is 6.07 Å². The largest absolute Gasteiger partial charge is 0.506 e. The predicted molar refractivity (Wildman–Crippen MR) is 112 cm³/mol. The van der Waals surface area contributed by atoms with E-state index in [1.807, 2.05) is 12.1 Å². The molecule has 0 saturated heterocycles. The minimum absolute atomic E-state index is 0.0306. The van der Waals surface area contributed by atoms with E-state index in [9.17, 15) is 14.7 Å². The molecule has 4 fully saturated rings. The van der Waals surface area contributed by atoms with Gasteiger partial charge in [0.15, 0.2) is 0 Å². The van der Waals surface area contributed by atoms with Crippen LogP contribution in [0, 0.1) is 17.8 Å². The van der Waals surface area contributed by atoms with Crippen molar-refractivity contribution in [3.8, 4) is 5.75 Å². The van der Waals surface area contributed by atoms with Gasteiger partial charge in [-0.2, -0.15) is 0 Å². The molecule has 1 aromatic carbocycles. The molecule has 6 rings (SSSR count). The molecule has 5 aliphatic rings. The number of phenolic OH excluding ortho intramolecular Hbond substituents is 1. The van der Waals surface area contributed by atoms with Crippen LogP contribution >= 0.6 is 0 Å². The molecule has 0 aromatic heterocycles. The van der Waals surface area contributed by atoms with E-state index >= 15 is 0 Å². The summed E-state index contributed by atoms with van der Waals surface area (Å²) in [5, 5.41) is 10.7. The second-order valence-electron chi connectivity index (χ2n) is 9.62. The fraction of sp³-hybridized carbons (Fsp3) is 0.583. The number of phenols is 1. The average molecular weight is 427 g/mol. The minimum Gasteiger partial charge on any atom is -0.506 e. The van der Waals surface area contributed by atoms with E-state index < -0.39 is 11.9 Å². The van der Waals surface area contributed by atoms with Crippen LogP contribution < -0.4 is 4.90 Å². The van der Waals surface area contributed by atoms with Crippen LogP contribution in [0.25, 0.3) is 0 Å². The average Bonchev–Trinajstić information content (AvgIpc) is 2.76. The first-order valence-corrected chi connectivity index (χ1v) is 11.0. The number of ether oxygens (including phenoxy) is 3. The van der Waals surface area contributed by atoms with E-state index in [1.54, 1.807) is 6.07 Å². The van der Waals surface area contributed by atoms with Gasteiger partial charge in [-0.15, -0.1) is 0 Å². The molecule has 7 nitrogen and oxygen atoms in total. The lowest BCUT2D eigenvalue weighted by Crippen LogP contribution is -2.48. The summed E-state index contributed by atoms with van der Waals surface area (Å²) < 4.78 is 15.4. The molecule has 4 aliphatic carbocycles. The number of hydrogen-bond acceptors (Lipinski definition) is 7. The Morgan fingerprint density at radius 2 is 1.65 bits per heavy atom. The molecule has 0 amide bonds. The molecule has 0 atom stereocenters. The second kappa shape index (κ2) is 7.55. The summed E-state index contributed by atoms with van der Waals surface area (Å²) in [7, 11) is 2.53. The topological polar surface area (TPSA) is 85.3 Å². The summed E-state index contributed by atoms with van der Waals surface area (Å²) in [4.78, 5) is 26.5. The smallest absolute Gasteiger partial charge is 0.355 e. The number of nitrogens with zero attached hydrogens (tertiary/aromatic N) is 1. The summed E-state index contributed by atoms with van der Waals surface area (Å²) in [6.07, 6.45) is 7.61. The zero-order valence-corrected chi connectivity index (χ0v) is 18.1. The minimum atomic E-state index is -0.664. The first-order chi connectivity index (χ1) is 14.9. The Morgan fingerprint density at radius 3 is 2.23 bits per heavy atom. The molecule has 4 bridgehead atoms. The van der Waals surface area contributed by atoms with Gasteiger partial charge in [-0.3, -0.25) is 0 Å². The SMILES string of the molecule is COC(=O)C1=C(C(=O)OC)N(c2cc(C34CC5CC(CC(C5)C3)C4)ccc2O)COC1. The van der Waals surface area contributed by atoms with E-state index in [4.69, 9.17) is 14.2 Å². The highest BCUT2D eigenvalue weighted by Gasteiger charge is 2.51. The van der Waals surface area contributed by atoms with Crippen LogP contribution in [0.3, 0.4) is 0 Å². The third-order valence-electron chi connectivity index (χ3n) is 7.75. The Balaban J connectivity index is 1.57. The highest BCUT2D eigenvalue weighted by atomic mass is 16.5. The number of anilines is 1. The number of methoxy groups -OCH3 is 2. The van der Waals surface area contributed by atoms with Crippen LogP contribution in [0.5, 0.6) is 5.75 Å². The standard InChI is InChI=1S/C24H29NO6/c1-29-22(27)18-12-31-13-25(21(18)23(28)30-2)19-8-17(3-4-20(19)26)24-9-14-5-15(10-24)7-16(6-14)11-24/h3-4,8,14-16,26H,5-7,9-13H2,1-2H3. The monoisotopic (exact) mass is 427 g/mol. The Bertz CT molecular complexity index is 916. The predicted octanol–water partition coefficient (Wildman–Crippen LogP) is 3.25. The highest BCUT2D eigenvalue weighted by molar-refractivity contribution is 6.03. The molecule has 1 aromatic rings. The van der Waals surface area contributed by atoms with Gasteiger partial charge >= 0.3 is 11.9 Å². The number of hydrogen-bond donors (Lipinski definition) is 1. The fourth-order valence-corrected chi connectivity index (χ4v) is 6.87. The van der Waals surface area contributed by atoms with Crippen molar-refractivity contribution in [3.05, 3.63) is 35.0 Å². The zero-order valence-electron chi connectivity index (χ0n) is 18.1. The Kier molecular flexibility index (Phi) is 4.96. The zero-order chi connectivity index (χ0) is 21.8. The van der Waals surface area contributed by atoms with Crippen LogP contribution in [0.4, 0.5) is 5.69 Å². The second-order valence-corrected chi connectivity index (χ2v) is 9.62. The normalized spacial score (nSPS) is 31.7. The Hall–Kier alpha value is -2.54. The van der Waals surface area contributed by atoms with Crippen molar-refractivity contribution in [3.63, 3.8) is 0 Å². The van der Waals surface area contributed by atoms with Crippen LogP contribution in [0.2, 0.25) is 0 Å². The van der Waals surface area contributed by atoms with Gasteiger partial charge in [0.2, 0.25) is 0 Å². The molecule has 166 valence electrons. The Labute approximate surface area is 182 Å². The molecule has 0 radical (unpaired) electrons. The van der Waals surface area contributed by atoms with Crippen LogP contribution in [-0.4, -0.2) is 44.6 Å². The summed E-state index contributed by atoms with van der Waals surface area (Å²) in [6, 6.07) is 5.71. The molecule has 1 heterocycles. The van der Waals surface area contributed by atoms with Gasteiger partial charge in [-0.25, -0.2) is 9.59 Å². The lowest BCUT2D eigenvalue weighted by molar-refractivity contribution is -0.140. The van der Waals surface area contributed by atoms with Gasteiger partial charge in [0, 0.05) is 0 Å². The number of benzene rings is 1. The van der Waals surface area contributed by atoms with Crippen LogP contribution in [0.1, 0.15) is 44.1 Å². The van der Waals surface area contributed by atoms with Crippen molar-refractivity contribution in [2.75, 3.05) is 32.5 Å². The van der Waals surface area contributed by atoms with Crippen molar-refractivity contribution in [2.45, 2.75) is 43.9 Å². The molecule has 0 spiro atoms. The summed E-state index contributed by atoms with van der Waals surface area (Å²) in [5.74, 6) is 1.09. The quantitative estimate of drug-likeness (QED) is 0.738. The van der Waals surface area contributed by atoms with Gasteiger partial charge in [-0.05, 0) is 79.4 Å². The van der Waals surface area contributed by atoms with E-state index in [2.05, 4.69) is 0 Å². The van der Waals surface area contributed by atoms with Gasteiger partial charge in [0.05, 0.1) is 32.1 Å². The fourth-order valence-electron chi connectivity index (χ4n) is 6.87. The molecular formula is C24H29NO6. The van der Waals surface area contributed by atoms with E-state index in [1.165, 1.54) is 63.2 Å². The first kappa shape index (κ1) is 20.4. The molecular weight excluding hydrogens is 398 g/mol. The molecule has 31 heavy (non-hydrogen) atoms. The van der Waals surface area contributed by atoms with Crippen molar-refractivity contribution < 1.29 is 28.9 Å². The van der Waals surface area contributed by atoms with E-state index in [0.29, 0.717) is 5.69 Å². The van der Waals surface area contributed by atoms with Crippen LogP contribution in [0.15, 0.2) is 29.5 Å². The Morgan fingerprint density at radius 1 is 1.03 bits per heavy atom. The molecule has 1 N–H and O–H groups in total. The van der Waals surface area contributed by atoms with Crippen molar-refractivity contribution in [2.24, 2.45) is 17.8 Å². The first-order valence-electron chi connectivity index (χ1n) is 11.0.